The summed E-state index contributed by atoms with van der Waals surface area (Å²) < 4.78 is 5.46. The minimum absolute atomic E-state index is 0.0503. The van der Waals surface area contributed by atoms with E-state index in [1.165, 1.54) is 0 Å². The first-order chi connectivity index (χ1) is 11.3. The van der Waals surface area contributed by atoms with Gasteiger partial charge in [0.05, 0.1) is 6.61 Å². The molecule has 0 spiro atoms. The van der Waals surface area contributed by atoms with E-state index in [2.05, 4.69) is 0 Å². The molecule has 0 aromatic heterocycles. The molecule has 1 aromatic carbocycles. The standard InChI is InChI=1S/C21H30O3/c1-13(2)12-24-21(23)19(17-8-6-7-9-17)20(22)18-15(4)10-14(3)11-16(18)5/h10-11,13,17,19H,6-9,12H2,1-5H3. The zero-order valence-corrected chi connectivity index (χ0v) is 15.6. The van der Waals surface area contributed by atoms with Crippen molar-refractivity contribution in [3.8, 4) is 0 Å². The highest BCUT2D eigenvalue weighted by Crippen LogP contribution is 2.35. The zero-order chi connectivity index (χ0) is 17.9. The summed E-state index contributed by atoms with van der Waals surface area (Å²) >= 11 is 0. The fourth-order valence-electron chi connectivity index (χ4n) is 3.87. The van der Waals surface area contributed by atoms with Gasteiger partial charge in [-0.2, -0.15) is 0 Å². The van der Waals surface area contributed by atoms with Gasteiger partial charge in [-0.15, -0.1) is 0 Å². The molecule has 1 aromatic rings. The van der Waals surface area contributed by atoms with Gasteiger partial charge in [-0.1, -0.05) is 44.4 Å². The van der Waals surface area contributed by atoms with Crippen molar-refractivity contribution in [2.75, 3.05) is 6.61 Å². The van der Waals surface area contributed by atoms with Crippen LogP contribution >= 0.6 is 0 Å². The molecule has 0 aliphatic heterocycles. The summed E-state index contributed by atoms with van der Waals surface area (Å²) in [5.41, 5.74) is 3.76. The van der Waals surface area contributed by atoms with E-state index in [1.54, 1.807) is 0 Å². The lowest BCUT2D eigenvalue weighted by Gasteiger charge is -2.23. The average molecular weight is 330 g/mol. The molecule has 1 atom stereocenters. The first-order valence-corrected chi connectivity index (χ1v) is 9.10. The van der Waals surface area contributed by atoms with Crippen molar-refractivity contribution < 1.29 is 14.3 Å². The zero-order valence-electron chi connectivity index (χ0n) is 15.6. The van der Waals surface area contributed by atoms with E-state index in [0.717, 1.165) is 42.4 Å². The minimum atomic E-state index is -0.647. The van der Waals surface area contributed by atoms with Gasteiger partial charge < -0.3 is 4.74 Å². The highest BCUT2D eigenvalue weighted by atomic mass is 16.5. The summed E-state index contributed by atoms with van der Waals surface area (Å²) in [6.45, 7) is 10.3. The van der Waals surface area contributed by atoms with E-state index in [4.69, 9.17) is 4.74 Å². The summed E-state index contributed by atoms with van der Waals surface area (Å²) in [5.74, 6) is -0.634. The molecule has 0 saturated heterocycles. The topological polar surface area (TPSA) is 43.4 Å². The molecule has 1 aliphatic carbocycles. The number of aryl methyl sites for hydroxylation is 3. The maximum Gasteiger partial charge on any atom is 0.317 e. The number of hydrogen-bond acceptors (Lipinski definition) is 3. The second kappa shape index (κ2) is 7.96. The smallest absolute Gasteiger partial charge is 0.317 e. The molecule has 1 unspecified atom stereocenters. The van der Waals surface area contributed by atoms with Crippen molar-refractivity contribution in [2.24, 2.45) is 17.8 Å². The monoisotopic (exact) mass is 330 g/mol. The van der Waals surface area contributed by atoms with E-state index in [-0.39, 0.29) is 23.6 Å². The Morgan fingerprint density at radius 3 is 2.12 bits per heavy atom. The Morgan fingerprint density at radius 2 is 1.62 bits per heavy atom. The second-order valence-corrected chi connectivity index (χ2v) is 7.68. The largest absolute Gasteiger partial charge is 0.465 e. The van der Waals surface area contributed by atoms with Crippen molar-refractivity contribution in [3.63, 3.8) is 0 Å². The van der Waals surface area contributed by atoms with Crippen molar-refractivity contribution in [1.82, 2.24) is 0 Å². The van der Waals surface area contributed by atoms with Crippen LogP contribution in [0.3, 0.4) is 0 Å². The molecule has 0 amide bonds. The molecule has 132 valence electrons. The second-order valence-electron chi connectivity index (χ2n) is 7.68. The van der Waals surface area contributed by atoms with Crippen molar-refractivity contribution >= 4 is 11.8 Å². The van der Waals surface area contributed by atoms with Crippen LogP contribution in [0.5, 0.6) is 0 Å². The van der Waals surface area contributed by atoms with Gasteiger partial charge >= 0.3 is 5.97 Å². The fourth-order valence-corrected chi connectivity index (χ4v) is 3.87. The minimum Gasteiger partial charge on any atom is -0.465 e. The predicted molar refractivity (Wildman–Crippen MR) is 96.2 cm³/mol. The Kier molecular flexibility index (Phi) is 6.20. The Labute approximate surface area is 145 Å². The first kappa shape index (κ1) is 18.7. The van der Waals surface area contributed by atoms with Gasteiger partial charge in [0.25, 0.3) is 0 Å². The maximum absolute atomic E-state index is 13.3. The van der Waals surface area contributed by atoms with Crippen LogP contribution < -0.4 is 0 Å². The van der Waals surface area contributed by atoms with E-state index in [9.17, 15) is 9.59 Å². The number of Topliss-reactive ketones (excluding diaryl/α,β-unsaturated/α-hetero) is 1. The third kappa shape index (κ3) is 4.25. The van der Waals surface area contributed by atoms with Gasteiger partial charge in [-0.25, -0.2) is 0 Å². The van der Waals surface area contributed by atoms with Crippen LogP contribution in [0.1, 0.15) is 66.6 Å². The van der Waals surface area contributed by atoms with Crippen LogP contribution in [-0.4, -0.2) is 18.4 Å². The number of rotatable bonds is 6. The highest BCUT2D eigenvalue weighted by Gasteiger charge is 2.39. The number of carbonyl (C=O) groups is 2. The van der Waals surface area contributed by atoms with E-state index >= 15 is 0 Å². The van der Waals surface area contributed by atoms with E-state index in [0.29, 0.717) is 12.2 Å². The summed E-state index contributed by atoms with van der Waals surface area (Å²) in [4.78, 5) is 26.0. The number of ether oxygens (including phenoxy) is 1. The van der Waals surface area contributed by atoms with Gasteiger partial charge in [-0.05, 0) is 56.6 Å². The van der Waals surface area contributed by atoms with Gasteiger partial charge in [-0.3, -0.25) is 9.59 Å². The average Bonchev–Trinajstić information content (AvgIpc) is 2.98. The van der Waals surface area contributed by atoms with Gasteiger partial charge in [0.2, 0.25) is 0 Å². The third-order valence-corrected chi connectivity index (χ3v) is 4.89. The SMILES string of the molecule is Cc1cc(C)c(C(=O)C(C(=O)OCC(C)C)C2CCCC2)c(C)c1. The Hall–Kier alpha value is -1.64. The molecule has 0 radical (unpaired) electrons. The summed E-state index contributed by atoms with van der Waals surface area (Å²) in [6, 6.07) is 4.04. The molecule has 1 saturated carbocycles. The van der Waals surface area contributed by atoms with E-state index < -0.39 is 5.92 Å². The molecule has 3 nitrogen and oxygen atoms in total. The fraction of sp³-hybridized carbons (Fsp3) is 0.619. The lowest BCUT2D eigenvalue weighted by Crippen LogP contribution is -2.33. The van der Waals surface area contributed by atoms with Crippen molar-refractivity contribution in [2.45, 2.75) is 60.3 Å². The number of ketones is 1. The molecule has 1 fully saturated rings. The Bertz CT molecular complexity index is 587. The van der Waals surface area contributed by atoms with Crippen LogP contribution in [0.15, 0.2) is 12.1 Å². The molecule has 24 heavy (non-hydrogen) atoms. The van der Waals surface area contributed by atoms with Crippen molar-refractivity contribution in [1.29, 1.82) is 0 Å². The highest BCUT2D eigenvalue weighted by molar-refractivity contribution is 6.10. The first-order valence-electron chi connectivity index (χ1n) is 9.10. The molecular weight excluding hydrogens is 300 g/mol. The molecule has 2 rings (SSSR count). The maximum atomic E-state index is 13.3. The molecular formula is C21H30O3. The number of esters is 1. The van der Waals surface area contributed by atoms with Gasteiger partial charge in [0, 0.05) is 5.56 Å². The predicted octanol–water partition coefficient (Wildman–Crippen LogP) is 4.80. The third-order valence-electron chi connectivity index (χ3n) is 4.89. The number of hydrogen-bond donors (Lipinski definition) is 0. The normalized spacial score (nSPS) is 16.4. The van der Waals surface area contributed by atoms with E-state index in [1.807, 2.05) is 46.8 Å². The molecule has 0 bridgehead atoms. The summed E-state index contributed by atoms with van der Waals surface area (Å²) in [7, 11) is 0. The Morgan fingerprint density at radius 1 is 1.08 bits per heavy atom. The lowest BCUT2D eigenvalue weighted by atomic mass is 9.81. The lowest BCUT2D eigenvalue weighted by molar-refractivity contribution is -0.149. The van der Waals surface area contributed by atoms with Gasteiger partial charge in [0.15, 0.2) is 5.78 Å². The molecule has 3 heteroatoms. The van der Waals surface area contributed by atoms with Crippen LogP contribution in [0.4, 0.5) is 0 Å². The van der Waals surface area contributed by atoms with Crippen LogP contribution in [0.2, 0.25) is 0 Å². The van der Waals surface area contributed by atoms with Crippen LogP contribution in [0, 0.1) is 38.5 Å². The van der Waals surface area contributed by atoms with Crippen LogP contribution in [-0.2, 0) is 9.53 Å². The molecule has 0 heterocycles. The molecule has 0 N–H and O–H groups in total. The quantitative estimate of drug-likeness (QED) is 0.427. The number of carbonyl (C=O) groups excluding carboxylic acids is 2. The van der Waals surface area contributed by atoms with Crippen LogP contribution in [0.25, 0.3) is 0 Å². The summed E-state index contributed by atoms with van der Waals surface area (Å²) in [6.07, 6.45) is 4.07. The Balaban J connectivity index is 2.32. The summed E-state index contributed by atoms with van der Waals surface area (Å²) in [5, 5.41) is 0. The van der Waals surface area contributed by atoms with Gasteiger partial charge in [0.1, 0.15) is 5.92 Å². The van der Waals surface area contributed by atoms with Crippen molar-refractivity contribution in [3.05, 3.63) is 34.4 Å². The number of benzene rings is 1. The molecule has 1 aliphatic rings.